The molecule has 0 amide bonds. The molecule has 0 spiro atoms. The van der Waals surface area contributed by atoms with E-state index in [1.54, 1.807) is 19.2 Å². The highest BCUT2D eigenvalue weighted by molar-refractivity contribution is 6.16. The fourth-order valence-electron chi connectivity index (χ4n) is 1.79. The Bertz CT molecular complexity index is 603. The van der Waals surface area contributed by atoms with Crippen molar-refractivity contribution in [2.45, 2.75) is 12.4 Å². The average Bonchev–Trinajstić information content (AvgIpc) is 2.88. The highest BCUT2D eigenvalue weighted by Gasteiger charge is 2.13. The molecule has 6 heteroatoms. The molecule has 1 aromatic heterocycles. The number of ether oxygens (including phenoxy) is 1. The quantitative estimate of drug-likeness (QED) is 0.786. The van der Waals surface area contributed by atoms with E-state index < -0.39 is 0 Å². The number of benzene rings is 1. The van der Waals surface area contributed by atoms with Gasteiger partial charge in [0.2, 0.25) is 0 Å². The van der Waals surface area contributed by atoms with Crippen LogP contribution in [-0.4, -0.2) is 28.5 Å². The van der Waals surface area contributed by atoms with Crippen LogP contribution in [0.5, 0.6) is 0 Å². The number of hydrogen-bond donors (Lipinski definition) is 0. The number of aromatic nitrogens is 3. The summed E-state index contributed by atoms with van der Waals surface area (Å²) in [4.78, 5) is 0. The van der Waals surface area contributed by atoms with Crippen LogP contribution in [0.1, 0.15) is 11.4 Å². The fraction of sp³-hybridized carbons (Fsp3) is 0.308. The second-order valence-electron chi connectivity index (χ2n) is 3.91. The predicted octanol–water partition coefficient (Wildman–Crippen LogP) is 2.20. The molecule has 5 nitrogen and oxygen atoms in total. The second-order valence-corrected chi connectivity index (χ2v) is 4.18. The Balaban J connectivity index is 2.43. The van der Waals surface area contributed by atoms with Gasteiger partial charge in [0.15, 0.2) is 5.82 Å². The predicted molar refractivity (Wildman–Crippen MR) is 71.6 cm³/mol. The third kappa shape index (κ3) is 2.92. The van der Waals surface area contributed by atoms with Gasteiger partial charge in [-0.1, -0.05) is 12.1 Å². The molecule has 19 heavy (non-hydrogen) atoms. The molecule has 1 aromatic carbocycles. The molecule has 0 fully saturated rings. The van der Waals surface area contributed by atoms with Crippen LogP contribution in [0.25, 0.3) is 11.4 Å². The Morgan fingerprint density at radius 1 is 1.42 bits per heavy atom. The van der Waals surface area contributed by atoms with Gasteiger partial charge in [0.25, 0.3) is 0 Å². The Hall–Kier alpha value is -1.90. The van der Waals surface area contributed by atoms with Gasteiger partial charge in [0.05, 0.1) is 24.1 Å². The zero-order valence-corrected chi connectivity index (χ0v) is 11.3. The summed E-state index contributed by atoms with van der Waals surface area (Å²) >= 11 is 5.85. The summed E-state index contributed by atoms with van der Waals surface area (Å²) in [6.45, 7) is 1.17. The molecule has 0 atom stereocenters. The van der Waals surface area contributed by atoms with Crippen molar-refractivity contribution >= 4 is 11.6 Å². The highest BCUT2D eigenvalue weighted by Crippen LogP contribution is 2.20. The number of hydrogen-bond acceptors (Lipinski definition) is 4. The van der Waals surface area contributed by atoms with E-state index >= 15 is 0 Å². The number of halogens is 1. The first kappa shape index (κ1) is 13.5. The van der Waals surface area contributed by atoms with Crippen molar-refractivity contribution in [2.75, 3.05) is 13.7 Å². The van der Waals surface area contributed by atoms with E-state index in [0.29, 0.717) is 30.4 Å². The van der Waals surface area contributed by atoms with Crippen LogP contribution in [0.2, 0.25) is 0 Å². The molecule has 0 aliphatic rings. The molecule has 0 bridgehead atoms. The van der Waals surface area contributed by atoms with E-state index in [2.05, 4.69) is 16.3 Å². The summed E-state index contributed by atoms with van der Waals surface area (Å²) in [7, 11) is 1.64. The Morgan fingerprint density at radius 3 is 2.95 bits per heavy atom. The number of nitriles is 1. The van der Waals surface area contributed by atoms with Gasteiger partial charge in [-0.2, -0.15) is 5.26 Å². The number of rotatable bonds is 5. The summed E-state index contributed by atoms with van der Waals surface area (Å²) in [6.07, 6.45) is 0. The molecule has 0 unspecified atom stereocenters. The normalized spacial score (nSPS) is 10.4. The van der Waals surface area contributed by atoms with E-state index in [0.717, 1.165) is 5.56 Å². The molecule has 0 radical (unpaired) electrons. The maximum Gasteiger partial charge on any atom is 0.164 e. The van der Waals surface area contributed by atoms with Gasteiger partial charge in [-0.05, 0) is 12.1 Å². The third-order valence-electron chi connectivity index (χ3n) is 2.72. The van der Waals surface area contributed by atoms with E-state index in [-0.39, 0.29) is 5.88 Å². The minimum atomic E-state index is 0.286. The Labute approximate surface area is 116 Å². The molecule has 0 aliphatic heterocycles. The average molecular weight is 277 g/mol. The molecule has 98 valence electrons. The molecule has 0 aliphatic carbocycles. The maximum atomic E-state index is 8.94. The lowest BCUT2D eigenvalue weighted by molar-refractivity contribution is 0.187. The number of methoxy groups -OCH3 is 1. The van der Waals surface area contributed by atoms with Crippen molar-refractivity contribution in [3.8, 4) is 17.5 Å². The third-order valence-corrected chi connectivity index (χ3v) is 2.95. The molecule has 2 rings (SSSR count). The molecule has 0 N–H and O–H groups in total. The van der Waals surface area contributed by atoms with Gasteiger partial charge in [-0.3, -0.25) is 0 Å². The summed E-state index contributed by atoms with van der Waals surface area (Å²) in [6, 6.07) is 9.37. The Kier molecular flexibility index (Phi) is 4.50. The number of nitrogens with zero attached hydrogens (tertiary/aromatic N) is 4. The lowest BCUT2D eigenvalue weighted by Gasteiger charge is -2.08. The lowest BCUT2D eigenvalue weighted by Crippen LogP contribution is -2.09. The zero-order valence-electron chi connectivity index (χ0n) is 10.5. The van der Waals surface area contributed by atoms with Gasteiger partial charge in [0.1, 0.15) is 5.82 Å². The minimum absolute atomic E-state index is 0.286. The summed E-state index contributed by atoms with van der Waals surface area (Å²) in [5.74, 6) is 1.68. The van der Waals surface area contributed by atoms with Crippen molar-refractivity contribution in [2.24, 2.45) is 0 Å². The SMILES string of the molecule is COCCn1c(CCl)nnc1-c1cccc(C#N)c1. The van der Waals surface area contributed by atoms with Crippen LogP contribution in [-0.2, 0) is 17.2 Å². The van der Waals surface area contributed by atoms with E-state index in [9.17, 15) is 0 Å². The Morgan fingerprint density at radius 2 is 2.26 bits per heavy atom. The van der Waals surface area contributed by atoms with Crippen molar-refractivity contribution < 1.29 is 4.74 Å². The molecule has 0 saturated heterocycles. The monoisotopic (exact) mass is 276 g/mol. The minimum Gasteiger partial charge on any atom is -0.383 e. The van der Waals surface area contributed by atoms with Crippen LogP contribution in [0, 0.1) is 11.3 Å². The lowest BCUT2D eigenvalue weighted by atomic mass is 10.1. The zero-order chi connectivity index (χ0) is 13.7. The highest BCUT2D eigenvalue weighted by atomic mass is 35.5. The molecule has 1 heterocycles. The molecule has 0 saturated carbocycles. The van der Waals surface area contributed by atoms with Gasteiger partial charge in [0, 0.05) is 19.2 Å². The van der Waals surface area contributed by atoms with Gasteiger partial charge < -0.3 is 9.30 Å². The summed E-state index contributed by atoms with van der Waals surface area (Å²) in [5.41, 5.74) is 1.44. The van der Waals surface area contributed by atoms with Crippen LogP contribution < -0.4 is 0 Å². The first-order valence-corrected chi connectivity index (χ1v) is 6.31. The topological polar surface area (TPSA) is 63.7 Å². The first-order chi connectivity index (χ1) is 9.30. The van der Waals surface area contributed by atoms with Crippen molar-refractivity contribution in [1.82, 2.24) is 14.8 Å². The van der Waals surface area contributed by atoms with E-state index in [4.69, 9.17) is 21.6 Å². The van der Waals surface area contributed by atoms with Gasteiger partial charge in [-0.25, -0.2) is 0 Å². The molecular formula is C13H13ClN4O. The van der Waals surface area contributed by atoms with E-state index in [1.807, 2.05) is 16.7 Å². The van der Waals surface area contributed by atoms with E-state index in [1.165, 1.54) is 0 Å². The molecular weight excluding hydrogens is 264 g/mol. The first-order valence-electron chi connectivity index (χ1n) is 5.77. The van der Waals surface area contributed by atoms with Gasteiger partial charge in [-0.15, -0.1) is 21.8 Å². The van der Waals surface area contributed by atoms with Crippen LogP contribution >= 0.6 is 11.6 Å². The van der Waals surface area contributed by atoms with Crippen LogP contribution in [0.4, 0.5) is 0 Å². The smallest absolute Gasteiger partial charge is 0.164 e. The summed E-state index contributed by atoms with van der Waals surface area (Å²) < 4.78 is 6.99. The largest absolute Gasteiger partial charge is 0.383 e. The van der Waals surface area contributed by atoms with Crippen molar-refractivity contribution in [1.29, 1.82) is 5.26 Å². The molecule has 2 aromatic rings. The second kappa shape index (κ2) is 6.32. The van der Waals surface area contributed by atoms with Crippen LogP contribution in [0.3, 0.4) is 0 Å². The fourth-order valence-corrected chi connectivity index (χ4v) is 1.99. The number of alkyl halides is 1. The van der Waals surface area contributed by atoms with Crippen LogP contribution in [0.15, 0.2) is 24.3 Å². The van der Waals surface area contributed by atoms with Crippen molar-refractivity contribution in [3.05, 3.63) is 35.7 Å². The maximum absolute atomic E-state index is 8.94. The standard InChI is InChI=1S/C13H13ClN4O/c1-19-6-5-18-12(8-14)16-17-13(18)11-4-2-3-10(7-11)9-15/h2-4,7H,5-6,8H2,1H3. The summed E-state index contributed by atoms with van der Waals surface area (Å²) in [5, 5.41) is 17.1. The van der Waals surface area contributed by atoms with Crippen molar-refractivity contribution in [3.63, 3.8) is 0 Å². The van der Waals surface area contributed by atoms with Gasteiger partial charge >= 0.3 is 0 Å².